The van der Waals surface area contributed by atoms with E-state index in [0.717, 1.165) is 135 Å². The number of hydrogen-bond acceptors (Lipinski definition) is 11. The van der Waals surface area contributed by atoms with E-state index in [1.165, 1.54) is 0 Å². The second kappa shape index (κ2) is 51.6. The van der Waals surface area contributed by atoms with Crippen molar-refractivity contribution in [3.8, 4) is 0 Å². The third-order valence-corrected chi connectivity index (χ3v) is 12.2. The first-order valence-electron chi connectivity index (χ1n) is 29.2. The Labute approximate surface area is 464 Å². The summed E-state index contributed by atoms with van der Waals surface area (Å²) in [6, 6.07) is 0. The lowest BCUT2D eigenvalue weighted by molar-refractivity contribution is -0.301. The minimum absolute atomic E-state index is 0.00435. The van der Waals surface area contributed by atoms with E-state index < -0.39 is 67.3 Å². The Balaban J connectivity index is 2.74. The Bertz CT molecular complexity index is 1850. The zero-order valence-electron chi connectivity index (χ0n) is 47.4. The Morgan fingerprint density at radius 2 is 0.779 bits per heavy atom. The molecule has 6 unspecified atom stereocenters. The second-order valence-electron chi connectivity index (χ2n) is 19.1. The molecule has 12 nitrogen and oxygen atoms in total. The van der Waals surface area contributed by atoms with Crippen LogP contribution in [-0.2, 0) is 42.9 Å². The Kier molecular flexibility index (Phi) is 46.8. The van der Waals surface area contributed by atoms with Crippen LogP contribution in [0.3, 0.4) is 0 Å². The highest BCUT2D eigenvalue weighted by atomic mass is 16.7. The SMILES string of the molecule is CC/C=C\C/C=C\C/C=C\C/C=C\CCCCCCCCC(=O)OCC(COC1OC(C(=O)O)C(O)C(O)C1OC(=O)CCCC/C=C\C/C=C\C/C=C\C/C=C\CC)OC(=O)CCCCC/C=C\C/C=C\C/C=C\CC. The number of aliphatic carboxylic acids is 1. The van der Waals surface area contributed by atoms with E-state index in [0.29, 0.717) is 25.7 Å². The van der Waals surface area contributed by atoms with Gasteiger partial charge in [-0.3, -0.25) is 14.4 Å². The fourth-order valence-electron chi connectivity index (χ4n) is 7.83. The van der Waals surface area contributed by atoms with Crippen molar-refractivity contribution in [2.24, 2.45) is 0 Å². The van der Waals surface area contributed by atoms with Gasteiger partial charge in [0.2, 0.25) is 0 Å². The normalized spacial score (nSPS) is 19.0. The Morgan fingerprint density at radius 3 is 1.22 bits per heavy atom. The average molecular weight is 1070 g/mol. The van der Waals surface area contributed by atoms with Crippen molar-refractivity contribution < 1.29 is 58.2 Å². The van der Waals surface area contributed by atoms with Crippen molar-refractivity contribution in [1.82, 2.24) is 0 Å². The Hall–Kier alpha value is -5.14. The number of unbranched alkanes of at least 4 members (excludes halogenated alkanes) is 11. The summed E-state index contributed by atoms with van der Waals surface area (Å²) in [6.45, 7) is 5.57. The highest BCUT2D eigenvalue weighted by Gasteiger charge is 2.50. The van der Waals surface area contributed by atoms with Gasteiger partial charge in [-0.25, -0.2) is 4.79 Å². The number of ether oxygens (including phenoxy) is 5. The average Bonchev–Trinajstić information content (AvgIpc) is 3.42. The van der Waals surface area contributed by atoms with Gasteiger partial charge in [-0.05, 0) is 128 Å². The molecule has 1 aliphatic rings. The molecule has 1 rings (SSSR count). The van der Waals surface area contributed by atoms with Crippen LogP contribution in [-0.4, -0.2) is 89.2 Å². The van der Waals surface area contributed by atoms with Gasteiger partial charge in [0.05, 0.1) is 6.61 Å². The first-order chi connectivity index (χ1) is 37.6. The number of esters is 3. The number of allylic oxidation sites excluding steroid dienone is 22. The molecule has 0 aromatic heterocycles. The van der Waals surface area contributed by atoms with Gasteiger partial charge in [-0.1, -0.05) is 187 Å². The number of carbonyl (C=O) groups excluding carboxylic acids is 3. The minimum Gasteiger partial charge on any atom is -0.479 e. The molecule has 432 valence electrons. The van der Waals surface area contributed by atoms with Crippen molar-refractivity contribution in [2.45, 2.75) is 237 Å². The van der Waals surface area contributed by atoms with Crippen LogP contribution < -0.4 is 0 Å². The molecular weight excluding hydrogens is 973 g/mol. The van der Waals surface area contributed by atoms with Gasteiger partial charge < -0.3 is 39.0 Å². The van der Waals surface area contributed by atoms with E-state index in [1.54, 1.807) is 0 Å². The molecule has 1 fully saturated rings. The molecule has 0 spiro atoms. The lowest BCUT2D eigenvalue weighted by Gasteiger charge is -2.40. The molecule has 77 heavy (non-hydrogen) atoms. The zero-order chi connectivity index (χ0) is 56.1. The molecule has 1 heterocycles. The van der Waals surface area contributed by atoms with Gasteiger partial charge in [0.15, 0.2) is 24.6 Å². The fourth-order valence-corrected chi connectivity index (χ4v) is 7.83. The maximum absolute atomic E-state index is 13.1. The smallest absolute Gasteiger partial charge is 0.335 e. The van der Waals surface area contributed by atoms with Crippen molar-refractivity contribution in [2.75, 3.05) is 13.2 Å². The molecular formula is C65H100O12. The van der Waals surface area contributed by atoms with Crippen LogP contribution in [0.15, 0.2) is 134 Å². The maximum Gasteiger partial charge on any atom is 0.335 e. The molecule has 0 saturated carbocycles. The molecule has 1 saturated heterocycles. The number of hydrogen-bond donors (Lipinski definition) is 3. The van der Waals surface area contributed by atoms with Crippen LogP contribution in [0.5, 0.6) is 0 Å². The van der Waals surface area contributed by atoms with E-state index in [-0.39, 0.29) is 25.9 Å². The molecule has 1 aliphatic heterocycles. The molecule has 6 atom stereocenters. The summed E-state index contributed by atoms with van der Waals surface area (Å²) in [5, 5.41) is 31.5. The van der Waals surface area contributed by atoms with Gasteiger partial charge in [-0.15, -0.1) is 0 Å². The predicted octanol–water partition coefficient (Wildman–Crippen LogP) is 15.0. The molecule has 0 radical (unpaired) electrons. The number of aliphatic hydroxyl groups excluding tert-OH is 2. The summed E-state index contributed by atoms with van der Waals surface area (Å²) < 4.78 is 28.3. The molecule has 0 aliphatic carbocycles. The third kappa shape index (κ3) is 41.6. The first-order valence-corrected chi connectivity index (χ1v) is 29.2. The summed E-state index contributed by atoms with van der Waals surface area (Å²) in [6.07, 6.45) is 60.0. The van der Waals surface area contributed by atoms with Crippen molar-refractivity contribution >= 4 is 23.9 Å². The van der Waals surface area contributed by atoms with Gasteiger partial charge in [0.25, 0.3) is 0 Å². The zero-order valence-corrected chi connectivity index (χ0v) is 47.4. The fraction of sp³-hybridized carbons (Fsp3) is 0.600. The first kappa shape index (κ1) is 69.9. The quantitative estimate of drug-likeness (QED) is 0.0228. The minimum atomic E-state index is -1.93. The summed E-state index contributed by atoms with van der Waals surface area (Å²) >= 11 is 0. The molecule has 0 bridgehead atoms. The molecule has 0 aromatic rings. The van der Waals surface area contributed by atoms with Crippen LogP contribution in [0.25, 0.3) is 0 Å². The maximum atomic E-state index is 13.1. The third-order valence-electron chi connectivity index (χ3n) is 12.2. The van der Waals surface area contributed by atoms with E-state index in [2.05, 4.69) is 154 Å². The summed E-state index contributed by atoms with van der Waals surface area (Å²) in [5.41, 5.74) is 0. The lowest BCUT2D eigenvalue weighted by atomic mass is 9.98. The number of rotatable bonds is 47. The standard InChI is InChI=1S/C65H100O12/c1-4-7-10-13-16-19-22-25-27-28-29-30-32-34-36-39-42-45-48-51-57(66)73-54-56(75-58(67)52-49-46-43-40-37-33-24-21-18-15-12-9-6-3)55-74-65-63(61(70)60(69)62(77-65)64(71)72)76-59(68)53-50-47-44-41-38-35-31-26-23-20-17-14-11-8-5-2/h7-12,16-21,25-27,29-31,33,37-38,41,56,60-63,65,69-70H,4-6,13-15,22-24,28,32,34-36,39-40,42-55H2,1-3H3,(H,71,72)/b10-7-,11-8-,12-9-,19-16-,20-17-,21-18-,27-25-,30-29-,31-26-,37-33-,41-38-. The van der Waals surface area contributed by atoms with E-state index >= 15 is 0 Å². The van der Waals surface area contributed by atoms with Crippen molar-refractivity contribution in [3.63, 3.8) is 0 Å². The summed E-state index contributed by atoms with van der Waals surface area (Å²) in [5.74, 6) is -3.26. The van der Waals surface area contributed by atoms with Crippen molar-refractivity contribution in [3.05, 3.63) is 134 Å². The number of aliphatic hydroxyl groups is 2. The van der Waals surface area contributed by atoms with Gasteiger partial charge in [-0.2, -0.15) is 0 Å². The van der Waals surface area contributed by atoms with Gasteiger partial charge in [0, 0.05) is 19.3 Å². The van der Waals surface area contributed by atoms with Crippen LogP contribution in [0.2, 0.25) is 0 Å². The molecule has 0 aromatic carbocycles. The van der Waals surface area contributed by atoms with Crippen LogP contribution in [0.1, 0.15) is 201 Å². The number of carbonyl (C=O) groups is 4. The van der Waals surface area contributed by atoms with E-state index in [4.69, 9.17) is 23.7 Å². The van der Waals surface area contributed by atoms with E-state index in [9.17, 15) is 34.5 Å². The molecule has 12 heteroatoms. The number of carboxylic acid groups (broad SMARTS) is 1. The van der Waals surface area contributed by atoms with Crippen LogP contribution in [0, 0.1) is 0 Å². The van der Waals surface area contributed by atoms with Gasteiger partial charge >= 0.3 is 23.9 Å². The van der Waals surface area contributed by atoms with Crippen LogP contribution >= 0.6 is 0 Å². The molecule has 3 N–H and O–H groups in total. The topological polar surface area (TPSA) is 175 Å². The highest BCUT2D eigenvalue weighted by molar-refractivity contribution is 5.74. The second-order valence-corrected chi connectivity index (χ2v) is 19.1. The monoisotopic (exact) mass is 1070 g/mol. The van der Waals surface area contributed by atoms with Crippen LogP contribution in [0.4, 0.5) is 0 Å². The highest BCUT2D eigenvalue weighted by Crippen LogP contribution is 2.26. The number of carboxylic acids is 1. The predicted molar refractivity (Wildman–Crippen MR) is 312 cm³/mol. The summed E-state index contributed by atoms with van der Waals surface area (Å²) in [7, 11) is 0. The molecule has 0 amide bonds. The van der Waals surface area contributed by atoms with E-state index in [1.807, 2.05) is 0 Å². The Morgan fingerprint density at radius 1 is 0.429 bits per heavy atom. The lowest BCUT2D eigenvalue weighted by Crippen LogP contribution is -2.61. The van der Waals surface area contributed by atoms with Crippen molar-refractivity contribution in [1.29, 1.82) is 0 Å². The largest absolute Gasteiger partial charge is 0.479 e. The van der Waals surface area contributed by atoms with Gasteiger partial charge in [0.1, 0.15) is 18.8 Å². The summed E-state index contributed by atoms with van der Waals surface area (Å²) in [4.78, 5) is 51.1.